The van der Waals surface area contributed by atoms with Gasteiger partial charge in [0.1, 0.15) is 0 Å². The molecule has 19 heavy (non-hydrogen) atoms. The summed E-state index contributed by atoms with van der Waals surface area (Å²) in [5.74, 6) is 1.72. The predicted octanol–water partition coefficient (Wildman–Crippen LogP) is 5.30. The van der Waals surface area contributed by atoms with Crippen molar-refractivity contribution >= 4 is 42.6 Å². The van der Waals surface area contributed by atoms with Gasteiger partial charge in [-0.25, -0.2) is 4.98 Å². The largest absolute Gasteiger partial charge is 0.361 e. The van der Waals surface area contributed by atoms with E-state index in [0.717, 1.165) is 33.5 Å². The van der Waals surface area contributed by atoms with Crippen molar-refractivity contribution in [3.8, 4) is 0 Å². The number of hydrogen-bond acceptors (Lipinski definition) is 3. The smallest absolute Gasteiger partial charge is 0.183 e. The van der Waals surface area contributed by atoms with Gasteiger partial charge in [0.15, 0.2) is 5.13 Å². The molecule has 102 valence electrons. The molecule has 0 saturated heterocycles. The molecular weight excluding hydrogens is 320 g/mol. The Morgan fingerprint density at radius 2 is 2.32 bits per heavy atom. The molecule has 2 aromatic rings. The van der Waals surface area contributed by atoms with Crippen LogP contribution in [0.1, 0.15) is 32.6 Å². The maximum Gasteiger partial charge on any atom is 0.183 e. The van der Waals surface area contributed by atoms with E-state index in [2.05, 4.69) is 51.4 Å². The first-order chi connectivity index (χ1) is 9.20. The highest BCUT2D eigenvalue weighted by atomic mass is 79.9. The van der Waals surface area contributed by atoms with E-state index < -0.39 is 0 Å². The fourth-order valence-corrected chi connectivity index (χ4v) is 4.38. The number of aromatic nitrogens is 1. The van der Waals surface area contributed by atoms with Gasteiger partial charge in [-0.3, -0.25) is 0 Å². The molecule has 0 aliphatic heterocycles. The van der Waals surface area contributed by atoms with Crippen LogP contribution in [0.15, 0.2) is 22.7 Å². The van der Waals surface area contributed by atoms with Crippen molar-refractivity contribution in [1.82, 2.24) is 4.98 Å². The van der Waals surface area contributed by atoms with Crippen molar-refractivity contribution in [1.29, 1.82) is 0 Å². The molecule has 3 rings (SSSR count). The number of benzene rings is 1. The van der Waals surface area contributed by atoms with Crippen molar-refractivity contribution in [2.24, 2.45) is 11.8 Å². The maximum atomic E-state index is 4.64. The molecule has 2 unspecified atom stereocenters. The highest BCUT2D eigenvalue weighted by molar-refractivity contribution is 9.10. The van der Waals surface area contributed by atoms with Crippen molar-refractivity contribution in [2.45, 2.75) is 32.6 Å². The lowest BCUT2D eigenvalue weighted by molar-refractivity contribution is 0.293. The molecule has 1 saturated carbocycles. The molecule has 0 amide bonds. The van der Waals surface area contributed by atoms with E-state index in [1.54, 1.807) is 11.3 Å². The maximum absolute atomic E-state index is 4.64. The Balaban J connectivity index is 1.65. The summed E-state index contributed by atoms with van der Waals surface area (Å²) >= 11 is 5.26. The minimum atomic E-state index is 0.822. The standard InChI is InChI=1S/C15H19BrN2S/c1-10-3-2-4-11(7-10)9-17-15-18-13-6-5-12(16)8-14(13)19-15/h5-6,8,10-11H,2-4,7,9H2,1H3,(H,17,18). The molecule has 0 spiro atoms. The number of fused-ring (bicyclic) bond motifs is 1. The van der Waals surface area contributed by atoms with Crippen molar-refractivity contribution < 1.29 is 0 Å². The van der Waals surface area contributed by atoms with Gasteiger partial charge >= 0.3 is 0 Å². The fraction of sp³-hybridized carbons (Fsp3) is 0.533. The first-order valence-electron chi connectivity index (χ1n) is 7.00. The van der Waals surface area contributed by atoms with Crippen LogP contribution in [0, 0.1) is 11.8 Å². The van der Waals surface area contributed by atoms with Crippen LogP contribution < -0.4 is 5.32 Å². The first kappa shape index (κ1) is 13.4. The minimum absolute atomic E-state index is 0.822. The Morgan fingerprint density at radius 3 is 3.16 bits per heavy atom. The van der Waals surface area contributed by atoms with Crippen LogP contribution in [0.4, 0.5) is 5.13 Å². The highest BCUT2D eigenvalue weighted by Gasteiger charge is 2.18. The van der Waals surface area contributed by atoms with E-state index in [-0.39, 0.29) is 0 Å². The molecule has 1 aliphatic rings. The Bertz CT molecular complexity index is 566. The average Bonchev–Trinajstić information content (AvgIpc) is 2.78. The van der Waals surface area contributed by atoms with Gasteiger partial charge in [0.25, 0.3) is 0 Å². The van der Waals surface area contributed by atoms with Gasteiger partial charge in [0.2, 0.25) is 0 Å². The summed E-state index contributed by atoms with van der Waals surface area (Å²) in [7, 11) is 0. The summed E-state index contributed by atoms with van der Waals surface area (Å²) in [6.07, 6.45) is 5.53. The van der Waals surface area contributed by atoms with Crippen LogP contribution in [0.5, 0.6) is 0 Å². The molecule has 0 bridgehead atoms. The number of hydrogen-bond donors (Lipinski definition) is 1. The van der Waals surface area contributed by atoms with Gasteiger partial charge in [-0.1, -0.05) is 47.0 Å². The summed E-state index contributed by atoms with van der Waals surface area (Å²) in [5, 5.41) is 4.60. The molecule has 4 heteroatoms. The third kappa shape index (κ3) is 3.29. The summed E-state index contributed by atoms with van der Waals surface area (Å²) in [5.41, 5.74) is 1.09. The van der Waals surface area contributed by atoms with E-state index >= 15 is 0 Å². The molecule has 1 aromatic carbocycles. The van der Waals surface area contributed by atoms with Crippen LogP contribution in [-0.2, 0) is 0 Å². The average molecular weight is 339 g/mol. The topological polar surface area (TPSA) is 24.9 Å². The molecule has 1 heterocycles. The Kier molecular flexibility index (Phi) is 4.08. The number of halogens is 1. The summed E-state index contributed by atoms with van der Waals surface area (Å²) in [6, 6.07) is 6.26. The molecule has 0 radical (unpaired) electrons. The molecule has 2 nitrogen and oxygen atoms in total. The Labute approximate surface area is 126 Å². The molecular formula is C15H19BrN2S. The SMILES string of the molecule is CC1CCCC(CNc2nc3ccc(Br)cc3s2)C1. The second-order valence-corrected chi connectivity index (χ2v) is 7.60. The Hall–Kier alpha value is -0.610. The molecule has 1 fully saturated rings. The van der Waals surface area contributed by atoms with Crippen molar-refractivity contribution in [3.05, 3.63) is 22.7 Å². The second-order valence-electron chi connectivity index (χ2n) is 5.65. The van der Waals surface area contributed by atoms with Crippen molar-refractivity contribution in [2.75, 3.05) is 11.9 Å². The second kappa shape index (κ2) is 5.80. The number of anilines is 1. The zero-order valence-electron chi connectivity index (χ0n) is 11.2. The van der Waals surface area contributed by atoms with E-state index in [9.17, 15) is 0 Å². The molecule has 1 aliphatic carbocycles. The quantitative estimate of drug-likeness (QED) is 0.821. The summed E-state index contributed by atoms with van der Waals surface area (Å²) in [4.78, 5) is 4.64. The normalized spacial score (nSPS) is 23.7. The van der Waals surface area contributed by atoms with Gasteiger partial charge in [-0.2, -0.15) is 0 Å². The first-order valence-corrected chi connectivity index (χ1v) is 8.61. The lowest BCUT2D eigenvalue weighted by atomic mass is 9.82. The zero-order chi connectivity index (χ0) is 13.2. The lowest BCUT2D eigenvalue weighted by Gasteiger charge is -2.26. The van der Waals surface area contributed by atoms with Gasteiger partial charge in [-0.15, -0.1) is 0 Å². The lowest BCUT2D eigenvalue weighted by Crippen LogP contribution is -2.20. The number of nitrogens with one attached hydrogen (secondary N) is 1. The van der Waals surface area contributed by atoms with Crippen LogP contribution in [-0.4, -0.2) is 11.5 Å². The number of nitrogens with zero attached hydrogens (tertiary/aromatic N) is 1. The van der Waals surface area contributed by atoms with E-state index in [1.165, 1.54) is 30.4 Å². The van der Waals surface area contributed by atoms with E-state index in [0.29, 0.717) is 0 Å². The van der Waals surface area contributed by atoms with Gasteiger partial charge in [0, 0.05) is 11.0 Å². The third-order valence-corrected chi connectivity index (χ3v) is 5.41. The molecule has 1 aromatic heterocycles. The van der Waals surface area contributed by atoms with E-state index in [1.807, 2.05) is 0 Å². The Morgan fingerprint density at radius 1 is 1.42 bits per heavy atom. The number of rotatable bonds is 3. The van der Waals surface area contributed by atoms with Gasteiger partial charge < -0.3 is 5.32 Å². The predicted molar refractivity (Wildman–Crippen MR) is 86.9 cm³/mol. The summed E-state index contributed by atoms with van der Waals surface area (Å²) < 4.78 is 2.37. The molecule has 1 N–H and O–H groups in total. The summed E-state index contributed by atoms with van der Waals surface area (Å²) in [6.45, 7) is 3.45. The molecule has 2 atom stereocenters. The van der Waals surface area contributed by atoms with Crippen LogP contribution in [0.3, 0.4) is 0 Å². The third-order valence-electron chi connectivity index (χ3n) is 3.94. The fourth-order valence-electron chi connectivity index (χ4n) is 2.95. The minimum Gasteiger partial charge on any atom is -0.361 e. The number of thiazole rings is 1. The van der Waals surface area contributed by atoms with Gasteiger partial charge in [0.05, 0.1) is 10.2 Å². The highest BCUT2D eigenvalue weighted by Crippen LogP contribution is 2.31. The monoisotopic (exact) mass is 338 g/mol. The zero-order valence-corrected chi connectivity index (χ0v) is 13.6. The van der Waals surface area contributed by atoms with Crippen molar-refractivity contribution in [3.63, 3.8) is 0 Å². The van der Waals surface area contributed by atoms with Gasteiger partial charge in [-0.05, 0) is 42.9 Å². The van der Waals surface area contributed by atoms with Crippen LogP contribution >= 0.6 is 27.3 Å². The van der Waals surface area contributed by atoms with E-state index in [4.69, 9.17) is 0 Å². The van der Waals surface area contributed by atoms with Crippen LogP contribution in [0.2, 0.25) is 0 Å². The van der Waals surface area contributed by atoms with Crippen LogP contribution in [0.25, 0.3) is 10.2 Å².